The number of aromatic nitrogens is 1. The molecular formula is C26H29F4N3O2. The molecule has 3 aromatic rings. The Morgan fingerprint density at radius 1 is 1.00 bits per heavy atom. The van der Waals surface area contributed by atoms with Gasteiger partial charge in [0.15, 0.2) is 11.7 Å². The predicted octanol–water partition coefficient (Wildman–Crippen LogP) is 5.44. The summed E-state index contributed by atoms with van der Waals surface area (Å²) in [6.45, 7) is 1.52. The van der Waals surface area contributed by atoms with Crippen LogP contribution >= 0.6 is 0 Å². The van der Waals surface area contributed by atoms with Crippen LogP contribution in [0.15, 0.2) is 52.9 Å². The molecule has 0 amide bonds. The standard InChI is InChI=1S/C26H29F4N3O2/c27-22-7-5-20(6-8-22)24-23(16-34-17-26(28,29)30)32-25(35-24)21-10-13-33(14-11-21)12-9-18-1-3-19(15-31)4-2-18/h1-8,21H,9-17,31H2. The number of ether oxygens (including phenoxy) is 1. The highest BCUT2D eigenvalue weighted by atomic mass is 19.4. The van der Waals surface area contributed by atoms with Crippen LogP contribution in [0.4, 0.5) is 17.6 Å². The van der Waals surface area contributed by atoms with Crippen molar-refractivity contribution in [1.29, 1.82) is 0 Å². The van der Waals surface area contributed by atoms with E-state index in [1.807, 2.05) is 0 Å². The third kappa shape index (κ3) is 7.13. The summed E-state index contributed by atoms with van der Waals surface area (Å²) in [6, 6.07) is 13.9. The van der Waals surface area contributed by atoms with Gasteiger partial charge in [0, 0.05) is 24.6 Å². The largest absolute Gasteiger partial charge is 0.440 e. The lowest BCUT2D eigenvalue weighted by Crippen LogP contribution is -2.34. The molecule has 1 aliphatic rings. The van der Waals surface area contributed by atoms with Crippen LogP contribution in [0.1, 0.15) is 41.5 Å². The maximum atomic E-state index is 13.4. The van der Waals surface area contributed by atoms with Crippen molar-refractivity contribution < 1.29 is 26.7 Å². The fourth-order valence-electron chi connectivity index (χ4n) is 4.27. The zero-order chi connectivity index (χ0) is 24.8. The molecule has 2 aromatic carbocycles. The first-order chi connectivity index (χ1) is 16.8. The van der Waals surface area contributed by atoms with Crippen molar-refractivity contribution in [3.05, 3.63) is 77.1 Å². The second-order valence-electron chi connectivity index (χ2n) is 8.83. The molecule has 1 aromatic heterocycles. The summed E-state index contributed by atoms with van der Waals surface area (Å²) in [4.78, 5) is 6.90. The first kappa shape index (κ1) is 25.3. The van der Waals surface area contributed by atoms with Gasteiger partial charge in [-0.2, -0.15) is 13.2 Å². The molecule has 2 N–H and O–H groups in total. The molecule has 2 heterocycles. The van der Waals surface area contributed by atoms with Gasteiger partial charge in [-0.15, -0.1) is 0 Å². The number of rotatable bonds is 9. The van der Waals surface area contributed by atoms with Crippen LogP contribution < -0.4 is 5.73 Å². The quantitative estimate of drug-likeness (QED) is 0.404. The molecule has 5 nitrogen and oxygen atoms in total. The van der Waals surface area contributed by atoms with Crippen LogP contribution in [-0.2, 0) is 24.3 Å². The Morgan fingerprint density at radius 3 is 2.29 bits per heavy atom. The SMILES string of the molecule is NCc1ccc(CCN2CCC(c3nc(COCC(F)(F)F)c(-c4ccc(F)cc4)o3)CC2)cc1. The van der Waals surface area contributed by atoms with Gasteiger partial charge in [0.1, 0.15) is 18.1 Å². The Morgan fingerprint density at radius 2 is 1.66 bits per heavy atom. The molecule has 0 radical (unpaired) electrons. The molecule has 0 spiro atoms. The lowest BCUT2D eigenvalue weighted by atomic mass is 9.96. The Kier molecular flexibility index (Phi) is 8.20. The monoisotopic (exact) mass is 491 g/mol. The summed E-state index contributed by atoms with van der Waals surface area (Å²) in [6.07, 6.45) is -1.82. The molecule has 1 fully saturated rings. The van der Waals surface area contributed by atoms with Crippen LogP contribution in [0.3, 0.4) is 0 Å². The molecule has 0 aliphatic carbocycles. The highest BCUT2D eigenvalue weighted by Crippen LogP contribution is 2.33. The number of likely N-dealkylation sites (tertiary alicyclic amines) is 1. The average molecular weight is 492 g/mol. The summed E-state index contributed by atoms with van der Waals surface area (Å²) < 4.78 is 61.9. The smallest absolute Gasteiger partial charge is 0.411 e. The molecule has 0 bridgehead atoms. The van der Waals surface area contributed by atoms with Gasteiger partial charge in [0.25, 0.3) is 0 Å². The van der Waals surface area contributed by atoms with Crippen molar-refractivity contribution >= 4 is 0 Å². The van der Waals surface area contributed by atoms with Crippen molar-refractivity contribution in [2.24, 2.45) is 5.73 Å². The first-order valence-corrected chi connectivity index (χ1v) is 11.7. The Hall–Kier alpha value is -2.75. The number of hydrogen-bond donors (Lipinski definition) is 1. The fourth-order valence-corrected chi connectivity index (χ4v) is 4.27. The van der Waals surface area contributed by atoms with Crippen molar-refractivity contribution in [2.45, 2.75) is 44.5 Å². The fraction of sp³-hybridized carbons (Fsp3) is 0.423. The van der Waals surface area contributed by atoms with E-state index in [2.05, 4.69) is 34.1 Å². The molecule has 188 valence electrons. The summed E-state index contributed by atoms with van der Waals surface area (Å²) >= 11 is 0. The van der Waals surface area contributed by atoms with Gasteiger partial charge in [-0.3, -0.25) is 0 Å². The van der Waals surface area contributed by atoms with Crippen LogP contribution in [0.2, 0.25) is 0 Å². The lowest BCUT2D eigenvalue weighted by molar-refractivity contribution is -0.176. The summed E-state index contributed by atoms with van der Waals surface area (Å²) in [7, 11) is 0. The lowest BCUT2D eigenvalue weighted by Gasteiger charge is -2.30. The molecule has 1 aliphatic heterocycles. The highest BCUT2D eigenvalue weighted by molar-refractivity contribution is 5.59. The van der Waals surface area contributed by atoms with E-state index < -0.39 is 18.6 Å². The predicted molar refractivity (Wildman–Crippen MR) is 124 cm³/mol. The van der Waals surface area contributed by atoms with Gasteiger partial charge in [-0.05, 0) is 67.7 Å². The topological polar surface area (TPSA) is 64.5 Å². The van der Waals surface area contributed by atoms with Crippen molar-refractivity contribution in [1.82, 2.24) is 9.88 Å². The van der Waals surface area contributed by atoms with Crippen LogP contribution in [-0.4, -0.2) is 42.3 Å². The normalized spacial score (nSPS) is 15.6. The Bertz CT molecular complexity index is 1070. The molecule has 4 rings (SSSR count). The summed E-state index contributed by atoms with van der Waals surface area (Å²) in [5.74, 6) is 0.467. The number of halogens is 4. The van der Waals surface area contributed by atoms with Crippen LogP contribution in [0, 0.1) is 5.82 Å². The molecule has 0 unspecified atom stereocenters. The number of oxazole rings is 1. The van der Waals surface area contributed by atoms with Gasteiger partial charge in [0.05, 0.1) is 6.61 Å². The van der Waals surface area contributed by atoms with E-state index >= 15 is 0 Å². The minimum Gasteiger partial charge on any atom is -0.440 e. The number of nitrogens with two attached hydrogens (primary N) is 1. The number of piperidine rings is 1. The minimum absolute atomic E-state index is 0.0608. The van der Waals surface area contributed by atoms with Gasteiger partial charge in [-0.25, -0.2) is 9.37 Å². The zero-order valence-corrected chi connectivity index (χ0v) is 19.4. The number of alkyl halides is 3. The molecule has 0 atom stereocenters. The van der Waals surface area contributed by atoms with Crippen molar-refractivity contribution in [2.75, 3.05) is 26.2 Å². The average Bonchev–Trinajstić information content (AvgIpc) is 3.27. The second kappa shape index (κ2) is 11.3. The van der Waals surface area contributed by atoms with Gasteiger partial charge >= 0.3 is 6.18 Å². The van der Waals surface area contributed by atoms with E-state index in [4.69, 9.17) is 14.9 Å². The maximum Gasteiger partial charge on any atom is 0.411 e. The Balaban J connectivity index is 1.38. The van der Waals surface area contributed by atoms with E-state index in [0.717, 1.165) is 44.5 Å². The third-order valence-electron chi connectivity index (χ3n) is 6.24. The zero-order valence-electron chi connectivity index (χ0n) is 19.4. The molecule has 0 saturated carbocycles. The van der Waals surface area contributed by atoms with E-state index in [1.165, 1.54) is 29.8 Å². The van der Waals surface area contributed by atoms with Crippen molar-refractivity contribution in [3.8, 4) is 11.3 Å². The highest BCUT2D eigenvalue weighted by Gasteiger charge is 2.29. The van der Waals surface area contributed by atoms with Gasteiger partial charge in [0.2, 0.25) is 0 Å². The first-order valence-electron chi connectivity index (χ1n) is 11.7. The summed E-state index contributed by atoms with van der Waals surface area (Å²) in [5.41, 5.74) is 8.88. The van der Waals surface area contributed by atoms with Crippen LogP contribution in [0.5, 0.6) is 0 Å². The summed E-state index contributed by atoms with van der Waals surface area (Å²) in [5, 5.41) is 0. The van der Waals surface area contributed by atoms with E-state index in [0.29, 0.717) is 29.5 Å². The minimum atomic E-state index is -4.43. The molecule has 1 saturated heterocycles. The van der Waals surface area contributed by atoms with E-state index in [1.54, 1.807) is 0 Å². The molecule has 9 heteroatoms. The van der Waals surface area contributed by atoms with Gasteiger partial charge in [-0.1, -0.05) is 24.3 Å². The number of benzene rings is 2. The van der Waals surface area contributed by atoms with Crippen LogP contribution in [0.25, 0.3) is 11.3 Å². The maximum absolute atomic E-state index is 13.4. The van der Waals surface area contributed by atoms with Gasteiger partial charge < -0.3 is 19.8 Å². The van der Waals surface area contributed by atoms with E-state index in [9.17, 15) is 17.6 Å². The number of nitrogens with zero attached hydrogens (tertiary/aromatic N) is 2. The molecular weight excluding hydrogens is 462 g/mol. The van der Waals surface area contributed by atoms with E-state index in [-0.39, 0.29) is 12.5 Å². The second-order valence-corrected chi connectivity index (χ2v) is 8.83. The number of hydrogen-bond acceptors (Lipinski definition) is 5. The third-order valence-corrected chi connectivity index (χ3v) is 6.24. The Labute approximate surface area is 201 Å². The van der Waals surface area contributed by atoms with Crippen molar-refractivity contribution in [3.63, 3.8) is 0 Å². The molecule has 35 heavy (non-hydrogen) atoms.